The van der Waals surface area contributed by atoms with Gasteiger partial charge in [-0.2, -0.15) is 0 Å². The van der Waals surface area contributed by atoms with Gasteiger partial charge in [0.1, 0.15) is 17.2 Å². The molecule has 0 saturated carbocycles. The zero-order chi connectivity index (χ0) is 13.1. The van der Waals surface area contributed by atoms with Crippen LogP contribution in [0, 0.1) is 6.92 Å². The highest BCUT2D eigenvalue weighted by Gasteiger charge is 2.14. The first-order valence-corrected chi connectivity index (χ1v) is 6.03. The van der Waals surface area contributed by atoms with Gasteiger partial charge in [-0.1, -0.05) is 11.6 Å². The van der Waals surface area contributed by atoms with Gasteiger partial charge < -0.3 is 14.9 Å². The molecule has 2 rings (SSSR count). The molecule has 0 aliphatic heterocycles. The second kappa shape index (κ2) is 5.42. The lowest BCUT2D eigenvalue weighted by molar-refractivity contribution is 0.415. The monoisotopic (exact) mass is 266 g/mol. The van der Waals surface area contributed by atoms with Crippen LogP contribution in [0.15, 0.2) is 22.6 Å². The molecule has 0 amide bonds. The number of hydrogen-bond acceptors (Lipinski definition) is 4. The minimum Gasteiger partial charge on any atom is -0.495 e. The van der Waals surface area contributed by atoms with E-state index in [1.807, 2.05) is 25.1 Å². The predicted octanol–water partition coefficient (Wildman–Crippen LogP) is 2.81. The summed E-state index contributed by atoms with van der Waals surface area (Å²) in [7, 11) is 1.58. The van der Waals surface area contributed by atoms with Gasteiger partial charge in [0.25, 0.3) is 0 Å². The molecule has 1 aromatic heterocycles. The van der Waals surface area contributed by atoms with E-state index in [4.69, 9.17) is 26.5 Å². The number of nitrogens with two attached hydrogens (primary N) is 1. The molecule has 2 aromatic rings. The molecule has 18 heavy (non-hydrogen) atoms. The zero-order valence-corrected chi connectivity index (χ0v) is 11.1. The Morgan fingerprint density at radius 2 is 2.22 bits per heavy atom. The van der Waals surface area contributed by atoms with Gasteiger partial charge in [0.05, 0.1) is 12.1 Å². The summed E-state index contributed by atoms with van der Waals surface area (Å²) in [6.07, 6.45) is 0.653. The van der Waals surface area contributed by atoms with Crippen molar-refractivity contribution in [3.05, 3.63) is 34.9 Å². The van der Waals surface area contributed by atoms with Crippen LogP contribution in [0.4, 0.5) is 0 Å². The first-order chi connectivity index (χ1) is 8.65. The van der Waals surface area contributed by atoms with Gasteiger partial charge in [0, 0.05) is 18.9 Å². The third kappa shape index (κ3) is 2.49. The van der Waals surface area contributed by atoms with Crippen molar-refractivity contribution in [2.45, 2.75) is 13.3 Å². The van der Waals surface area contributed by atoms with E-state index < -0.39 is 0 Å². The molecule has 0 saturated heterocycles. The van der Waals surface area contributed by atoms with Crippen molar-refractivity contribution in [3.63, 3.8) is 0 Å². The molecule has 0 atom stereocenters. The van der Waals surface area contributed by atoms with Crippen molar-refractivity contribution in [1.82, 2.24) is 4.98 Å². The van der Waals surface area contributed by atoms with Crippen LogP contribution in [0.2, 0.25) is 5.02 Å². The first kappa shape index (κ1) is 12.9. The summed E-state index contributed by atoms with van der Waals surface area (Å²) >= 11 is 6.11. The van der Waals surface area contributed by atoms with E-state index in [1.54, 1.807) is 7.11 Å². The molecule has 1 aromatic carbocycles. The minimum absolute atomic E-state index is 0.519. The van der Waals surface area contributed by atoms with Crippen LogP contribution in [0.3, 0.4) is 0 Å². The molecule has 0 bridgehead atoms. The van der Waals surface area contributed by atoms with Crippen LogP contribution in [0.25, 0.3) is 11.3 Å². The van der Waals surface area contributed by atoms with Crippen molar-refractivity contribution in [2.24, 2.45) is 5.73 Å². The molecule has 96 valence electrons. The highest BCUT2D eigenvalue weighted by molar-refractivity contribution is 6.32. The molecule has 4 nitrogen and oxygen atoms in total. The summed E-state index contributed by atoms with van der Waals surface area (Å²) in [6.45, 7) is 2.33. The number of hydrogen-bond donors (Lipinski definition) is 1. The third-order valence-electron chi connectivity index (χ3n) is 2.60. The molecule has 5 heteroatoms. The molecule has 2 N–H and O–H groups in total. The summed E-state index contributed by atoms with van der Waals surface area (Å²) in [5.41, 5.74) is 7.26. The third-order valence-corrected chi connectivity index (χ3v) is 2.90. The summed E-state index contributed by atoms with van der Waals surface area (Å²) < 4.78 is 10.7. The Morgan fingerprint density at radius 3 is 2.83 bits per heavy atom. The lowest BCUT2D eigenvalue weighted by atomic mass is 10.1. The smallest absolute Gasteiger partial charge is 0.191 e. The number of oxazole rings is 1. The second-order valence-corrected chi connectivity index (χ2v) is 4.30. The van der Waals surface area contributed by atoms with Crippen molar-refractivity contribution in [1.29, 1.82) is 0 Å². The maximum absolute atomic E-state index is 6.11. The Morgan fingerprint density at radius 1 is 1.44 bits per heavy atom. The van der Waals surface area contributed by atoms with Crippen molar-refractivity contribution in [2.75, 3.05) is 13.7 Å². The van der Waals surface area contributed by atoms with Crippen LogP contribution in [0.5, 0.6) is 5.75 Å². The SMILES string of the molecule is COc1ccc(-c2nc(C)oc2CCN)cc1Cl. The van der Waals surface area contributed by atoms with Gasteiger partial charge in [-0.15, -0.1) is 0 Å². The molecule has 0 fully saturated rings. The van der Waals surface area contributed by atoms with Crippen molar-refractivity contribution in [3.8, 4) is 17.0 Å². The summed E-state index contributed by atoms with van der Waals surface area (Å²) in [4.78, 5) is 4.37. The fraction of sp³-hybridized carbons (Fsp3) is 0.308. The molecule has 0 aliphatic rings. The number of nitrogens with zero attached hydrogens (tertiary/aromatic N) is 1. The van der Waals surface area contributed by atoms with Gasteiger partial charge >= 0.3 is 0 Å². The molecule has 0 spiro atoms. The highest BCUT2D eigenvalue weighted by Crippen LogP contribution is 2.31. The average molecular weight is 267 g/mol. The van der Waals surface area contributed by atoms with E-state index in [2.05, 4.69) is 4.98 Å². The van der Waals surface area contributed by atoms with Crippen LogP contribution in [-0.4, -0.2) is 18.6 Å². The Bertz CT molecular complexity index is 552. The number of rotatable bonds is 4. The number of aryl methyl sites for hydroxylation is 1. The Balaban J connectivity index is 2.44. The molecular weight excluding hydrogens is 252 g/mol. The van der Waals surface area contributed by atoms with Crippen molar-refractivity contribution < 1.29 is 9.15 Å². The number of aromatic nitrogens is 1. The second-order valence-electron chi connectivity index (χ2n) is 3.89. The fourth-order valence-electron chi connectivity index (χ4n) is 1.81. The quantitative estimate of drug-likeness (QED) is 0.924. The van der Waals surface area contributed by atoms with Gasteiger partial charge in [-0.25, -0.2) is 4.98 Å². The van der Waals surface area contributed by atoms with Gasteiger partial charge in [0.15, 0.2) is 5.89 Å². The standard InChI is InChI=1S/C13H15ClN2O2/c1-8-16-13(12(18-8)5-6-15)9-3-4-11(17-2)10(14)7-9/h3-4,7H,5-6,15H2,1-2H3. The van der Waals surface area contributed by atoms with Gasteiger partial charge in [0.2, 0.25) is 0 Å². The molecule has 0 unspecified atom stereocenters. The Kier molecular flexibility index (Phi) is 3.89. The summed E-state index contributed by atoms with van der Waals surface area (Å²) in [6, 6.07) is 5.54. The summed E-state index contributed by atoms with van der Waals surface area (Å²) in [5.74, 6) is 2.05. The van der Waals surface area contributed by atoms with E-state index in [9.17, 15) is 0 Å². The predicted molar refractivity (Wildman–Crippen MR) is 71.0 cm³/mol. The van der Waals surface area contributed by atoms with Gasteiger partial charge in [-0.3, -0.25) is 0 Å². The molecule has 0 aliphatic carbocycles. The van der Waals surface area contributed by atoms with Gasteiger partial charge in [-0.05, 0) is 24.7 Å². The Labute approximate surface area is 111 Å². The maximum atomic E-state index is 6.11. The summed E-state index contributed by atoms with van der Waals surface area (Å²) in [5, 5.41) is 0.550. The highest BCUT2D eigenvalue weighted by atomic mass is 35.5. The normalized spacial score (nSPS) is 10.7. The maximum Gasteiger partial charge on any atom is 0.191 e. The molecule has 1 heterocycles. The Hall–Kier alpha value is -1.52. The molecular formula is C13H15ClN2O2. The van der Waals surface area contributed by atoms with Crippen molar-refractivity contribution >= 4 is 11.6 Å². The zero-order valence-electron chi connectivity index (χ0n) is 10.4. The average Bonchev–Trinajstić information content (AvgIpc) is 2.71. The van der Waals surface area contributed by atoms with E-state index >= 15 is 0 Å². The lowest BCUT2D eigenvalue weighted by Crippen LogP contribution is -2.02. The largest absolute Gasteiger partial charge is 0.495 e. The van der Waals surface area contributed by atoms with Crippen LogP contribution < -0.4 is 10.5 Å². The number of benzene rings is 1. The molecule has 0 radical (unpaired) electrons. The first-order valence-electron chi connectivity index (χ1n) is 5.66. The van der Waals surface area contributed by atoms with E-state index in [1.165, 1.54) is 0 Å². The number of methoxy groups -OCH3 is 1. The topological polar surface area (TPSA) is 61.3 Å². The van der Waals surface area contributed by atoms with Crippen LogP contribution >= 0.6 is 11.6 Å². The number of halogens is 1. The van der Waals surface area contributed by atoms with E-state index in [-0.39, 0.29) is 0 Å². The van der Waals surface area contributed by atoms with Crippen LogP contribution in [-0.2, 0) is 6.42 Å². The van der Waals surface area contributed by atoms with E-state index in [0.717, 1.165) is 17.0 Å². The lowest BCUT2D eigenvalue weighted by Gasteiger charge is -2.05. The fourth-order valence-corrected chi connectivity index (χ4v) is 2.07. The number of ether oxygens (including phenoxy) is 1. The van der Waals surface area contributed by atoms with E-state index in [0.29, 0.717) is 29.6 Å². The van der Waals surface area contributed by atoms with Crippen LogP contribution in [0.1, 0.15) is 11.7 Å². The minimum atomic E-state index is 0.519.